The minimum Gasteiger partial charge on any atom is -0.515 e. The van der Waals surface area contributed by atoms with E-state index in [2.05, 4.69) is 12.1 Å². The normalized spacial score (nSPS) is 21.2. The zero-order valence-electron chi connectivity index (χ0n) is 9.83. The van der Waals surface area contributed by atoms with Crippen LogP contribution < -0.4 is 0 Å². The molecule has 0 saturated carbocycles. The number of carbonyl (C=O) groups excluding carboxylic acids is 1. The number of aliphatic hydroxyl groups excluding tert-OH is 1. The summed E-state index contributed by atoms with van der Waals surface area (Å²) in [6.07, 6.45) is 7.25. The van der Waals surface area contributed by atoms with Gasteiger partial charge >= 0.3 is 0 Å². The van der Waals surface area contributed by atoms with E-state index in [0.29, 0.717) is 12.0 Å². The van der Waals surface area contributed by atoms with Crippen LogP contribution in [0.3, 0.4) is 0 Å². The van der Waals surface area contributed by atoms with Crippen molar-refractivity contribution in [3.8, 4) is 0 Å². The van der Waals surface area contributed by atoms with Crippen LogP contribution in [-0.2, 0) is 19.3 Å². The maximum atomic E-state index is 12.1. The van der Waals surface area contributed by atoms with Crippen LogP contribution in [0.2, 0.25) is 0 Å². The lowest BCUT2D eigenvalue weighted by Crippen LogP contribution is -2.16. The lowest BCUT2D eigenvalue weighted by Gasteiger charge is -2.22. The van der Waals surface area contributed by atoms with Crippen LogP contribution in [0.25, 0.3) is 0 Å². The second-order valence-corrected chi connectivity index (χ2v) is 4.97. The summed E-state index contributed by atoms with van der Waals surface area (Å²) >= 11 is 0. The van der Waals surface area contributed by atoms with Gasteiger partial charge in [0.25, 0.3) is 0 Å². The van der Waals surface area contributed by atoms with Gasteiger partial charge in [-0.1, -0.05) is 6.07 Å². The Morgan fingerprint density at radius 2 is 1.65 bits per heavy atom. The van der Waals surface area contributed by atoms with Crippen molar-refractivity contribution in [2.45, 2.75) is 38.5 Å². The summed E-state index contributed by atoms with van der Waals surface area (Å²) in [5, 5.41) is 9.04. The van der Waals surface area contributed by atoms with Gasteiger partial charge in [-0.05, 0) is 61.3 Å². The Kier molecular flexibility index (Phi) is 2.50. The van der Waals surface area contributed by atoms with Crippen LogP contribution in [-0.4, -0.2) is 10.9 Å². The number of ketones is 1. The molecule has 0 radical (unpaired) electrons. The largest absolute Gasteiger partial charge is 0.515 e. The molecule has 0 saturated heterocycles. The lowest BCUT2D eigenvalue weighted by molar-refractivity contribution is 0.102. The number of aliphatic hydroxyl groups is 1. The molecule has 2 aliphatic rings. The maximum Gasteiger partial charge on any atom is 0.192 e. The predicted molar refractivity (Wildman–Crippen MR) is 66.4 cm³/mol. The summed E-state index contributed by atoms with van der Waals surface area (Å²) in [6, 6.07) is 4.28. The van der Waals surface area contributed by atoms with Crippen LogP contribution in [0.5, 0.6) is 0 Å². The van der Waals surface area contributed by atoms with Gasteiger partial charge in [0.2, 0.25) is 0 Å². The molecule has 1 N–H and O–H groups in total. The van der Waals surface area contributed by atoms with E-state index in [0.717, 1.165) is 31.1 Å². The Balaban J connectivity index is 2.10. The average molecular weight is 228 g/mol. The van der Waals surface area contributed by atoms with Crippen molar-refractivity contribution in [3.63, 3.8) is 0 Å². The van der Waals surface area contributed by atoms with Crippen molar-refractivity contribution in [3.05, 3.63) is 46.2 Å². The molecule has 0 atom stereocenters. The molecule has 2 nitrogen and oxygen atoms in total. The number of fused-ring (bicyclic) bond motifs is 2. The molecule has 3 rings (SSSR count). The first-order valence-corrected chi connectivity index (χ1v) is 6.32. The number of Topliss-reactive ketones (excluding diaryl/α,β-unsaturated/α-hetero) is 1. The van der Waals surface area contributed by atoms with E-state index in [-0.39, 0.29) is 5.78 Å². The number of allylic oxidation sites excluding steroid dienone is 1. The molecule has 0 fully saturated rings. The molecule has 0 aromatic heterocycles. The summed E-state index contributed by atoms with van der Waals surface area (Å²) < 4.78 is 0. The second kappa shape index (κ2) is 4.02. The van der Waals surface area contributed by atoms with Gasteiger partial charge in [0.15, 0.2) is 5.78 Å². The Hall–Kier alpha value is -1.57. The van der Waals surface area contributed by atoms with E-state index >= 15 is 0 Å². The topological polar surface area (TPSA) is 37.3 Å². The molecule has 17 heavy (non-hydrogen) atoms. The number of hydrogen-bond donors (Lipinski definition) is 1. The highest BCUT2D eigenvalue weighted by molar-refractivity contribution is 6.10. The zero-order valence-corrected chi connectivity index (χ0v) is 9.83. The molecular formula is C15H16O2. The SMILES string of the molecule is O=C1/C(=C\O)CCc2cc3c(cc21)CCCC3. The third-order valence-corrected chi connectivity index (χ3v) is 3.92. The quantitative estimate of drug-likeness (QED) is 0.547. The van der Waals surface area contributed by atoms with Gasteiger partial charge in [-0.3, -0.25) is 4.79 Å². The Morgan fingerprint density at radius 1 is 0.941 bits per heavy atom. The highest BCUT2D eigenvalue weighted by Crippen LogP contribution is 2.30. The molecule has 0 amide bonds. The fraction of sp³-hybridized carbons (Fsp3) is 0.400. The third-order valence-electron chi connectivity index (χ3n) is 3.92. The molecule has 0 bridgehead atoms. The summed E-state index contributed by atoms with van der Waals surface area (Å²) in [7, 11) is 0. The standard InChI is InChI=1S/C15H16O2/c16-9-13-6-5-12-7-10-3-1-2-4-11(10)8-14(12)15(13)17/h7-9,16H,1-6H2/b13-9-. The third kappa shape index (κ3) is 1.68. The van der Waals surface area contributed by atoms with Crippen LogP contribution in [0, 0.1) is 0 Å². The Bertz CT molecular complexity index is 512. The average Bonchev–Trinajstić information content (AvgIpc) is 2.37. The van der Waals surface area contributed by atoms with E-state index < -0.39 is 0 Å². The number of hydrogen-bond acceptors (Lipinski definition) is 2. The second-order valence-electron chi connectivity index (χ2n) is 4.97. The van der Waals surface area contributed by atoms with Gasteiger partial charge in [0.1, 0.15) is 0 Å². The summed E-state index contributed by atoms with van der Waals surface area (Å²) in [4.78, 5) is 12.1. The van der Waals surface area contributed by atoms with Crippen molar-refractivity contribution < 1.29 is 9.90 Å². The first-order chi connectivity index (χ1) is 8.29. The van der Waals surface area contributed by atoms with Crippen LogP contribution >= 0.6 is 0 Å². The summed E-state index contributed by atoms with van der Waals surface area (Å²) in [5.41, 5.74) is 5.30. The van der Waals surface area contributed by atoms with Crippen molar-refractivity contribution in [2.24, 2.45) is 0 Å². The van der Waals surface area contributed by atoms with Crippen LogP contribution in [0.1, 0.15) is 46.3 Å². The van der Waals surface area contributed by atoms with E-state index in [1.165, 1.54) is 29.5 Å². The smallest absolute Gasteiger partial charge is 0.192 e. The van der Waals surface area contributed by atoms with Gasteiger partial charge in [0, 0.05) is 11.1 Å². The number of rotatable bonds is 0. The lowest BCUT2D eigenvalue weighted by atomic mass is 9.81. The molecular weight excluding hydrogens is 212 g/mol. The molecule has 0 heterocycles. The number of carbonyl (C=O) groups is 1. The minimum absolute atomic E-state index is 0.0159. The molecule has 2 heteroatoms. The highest BCUT2D eigenvalue weighted by Gasteiger charge is 2.24. The Morgan fingerprint density at radius 3 is 2.35 bits per heavy atom. The fourth-order valence-electron chi connectivity index (χ4n) is 2.93. The molecule has 1 aromatic rings. The van der Waals surface area contributed by atoms with Gasteiger partial charge in [-0.15, -0.1) is 0 Å². The maximum absolute atomic E-state index is 12.1. The Labute approximate surface area is 101 Å². The molecule has 0 aliphatic heterocycles. The van der Waals surface area contributed by atoms with Crippen molar-refractivity contribution in [2.75, 3.05) is 0 Å². The zero-order chi connectivity index (χ0) is 11.8. The van der Waals surface area contributed by atoms with E-state index in [1.807, 2.05) is 0 Å². The molecule has 0 spiro atoms. The first-order valence-electron chi connectivity index (χ1n) is 6.32. The van der Waals surface area contributed by atoms with Crippen LogP contribution in [0.4, 0.5) is 0 Å². The number of benzene rings is 1. The summed E-state index contributed by atoms with van der Waals surface area (Å²) in [5.74, 6) is 0.0159. The minimum atomic E-state index is 0.0159. The fourth-order valence-corrected chi connectivity index (χ4v) is 2.93. The molecule has 2 aliphatic carbocycles. The monoisotopic (exact) mass is 228 g/mol. The van der Waals surface area contributed by atoms with E-state index in [9.17, 15) is 4.79 Å². The van der Waals surface area contributed by atoms with Crippen LogP contribution in [0.15, 0.2) is 24.0 Å². The van der Waals surface area contributed by atoms with E-state index in [4.69, 9.17) is 5.11 Å². The molecule has 0 unspecified atom stereocenters. The number of aryl methyl sites for hydroxylation is 3. The van der Waals surface area contributed by atoms with Gasteiger partial charge in [-0.25, -0.2) is 0 Å². The predicted octanol–water partition coefficient (Wildman–Crippen LogP) is 3.14. The molecule has 1 aromatic carbocycles. The van der Waals surface area contributed by atoms with Gasteiger partial charge in [0.05, 0.1) is 6.26 Å². The highest BCUT2D eigenvalue weighted by atomic mass is 16.2. The molecule has 88 valence electrons. The van der Waals surface area contributed by atoms with Crippen molar-refractivity contribution >= 4 is 5.78 Å². The van der Waals surface area contributed by atoms with Crippen molar-refractivity contribution in [1.29, 1.82) is 0 Å². The summed E-state index contributed by atoms with van der Waals surface area (Å²) in [6.45, 7) is 0. The first kappa shape index (κ1) is 10.6. The van der Waals surface area contributed by atoms with Gasteiger partial charge in [-0.2, -0.15) is 0 Å². The van der Waals surface area contributed by atoms with Crippen molar-refractivity contribution in [1.82, 2.24) is 0 Å². The van der Waals surface area contributed by atoms with Gasteiger partial charge < -0.3 is 5.11 Å². The van der Waals surface area contributed by atoms with E-state index in [1.54, 1.807) is 0 Å².